The third kappa shape index (κ3) is 6.11. The van der Waals surface area contributed by atoms with E-state index in [1.54, 1.807) is 11.3 Å². The Hall–Kier alpha value is -1.14. The molecule has 1 saturated heterocycles. The highest BCUT2D eigenvalue weighted by Crippen LogP contribution is 2.16. The number of guanidine groups is 1. The maximum absolute atomic E-state index is 4.78. The average molecular weight is 338 g/mol. The molecule has 0 aliphatic carbocycles. The lowest BCUT2D eigenvalue weighted by Crippen LogP contribution is -2.39. The van der Waals surface area contributed by atoms with E-state index in [2.05, 4.69) is 46.7 Å². The van der Waals surface area contributed by atoms with E-state index in [4.69, 9.17) is 4.99 Å². The van der Waals surface area contributed by atoms with Crippen molar-refractivity contribution in [2.45, 2.75) is 52.5 Å². The topological polar surface area (TPSA) is 52.6 Å². The van der Waals surface area contributed by atoms with Gasteiger partial charge in [0, 0.05) is 36.6 Å². The minimum Gasteiger partial charge on any atom is -0.357 e. The Morgan fingerprint density at radius 2 is 2.30 bits per heavy atom. The second-order valence-corrected chi connectivity index (χ2v) is 7.00. The van der Waals surface area contributed by atoms with E-state index in [0.29, 0.717) is 6.04 Å². The number of hydrogen-bond acceptors (Lipinski definition) is 4. The molecule has 1 aliphatic heterocycles. The smallest absolute Gasteiger partial charge is 0.191 e. The zero-order chi connectivity index (χ0) is 16.5. The SMILES string of the molecule is CCNC(=NCC1CCCN1CC)NCCCc1nc(C)cs1. The fraction of sp³-hybridized carbons (Fsp3) is 0.765. The zero-order valence-corrected chi connectivity index (χ0v) is 15.6. The van der Waals surface area contributed by atoms with Gasteiger partial charge in [0.1, 0.15) is 0 Å². The summed E-state index contributed by atoms with van der Waals surface area (Å²) in [5.74, 6) is 0.950. The first-order chi connectivity index (χ1) is 11.2. The van der Waals surface area contributed by atoms with Crippen LogP contribution in [-0.2, 0) is 6.42 Å². The van der Waals surface area contributed by atoms with Crippen LogP contribution in [0, 0.1) is 6.92 Å². The summed E-state index contributed by atoms with van der Waals surface area (Å²) in [6.07, 6.45) is 4.71. The minimum atomic E-state index is 0.619. The number of nitrogens with one attached hydrogen (secondary N) is 2. The van der Waals surface area contributed by atoms with E-state index in [1.807, 2.05) is 0 Å². The number of aryl methyl sites for hydroxylation is 2. The Morgan fingerprint density at radius 3 is 3.00 bits per heavy atom. The van der Waals surface area contributed by atoms with Crippen molar-refractivity contribution in [1.29, 1.82) is 0 Å². The van der Waals surface area contributed by atoms with Gasteiger partial charge in [-0.1, -0.05) is 6.92 Å². The van der Waals surface area contributed by atoms with Gasteiger partial charge < -0.3 is 10.6 Å². The molecule has 1 unspecified atom stereocenters. The summed E-state index contributed by atoms with van der Waals surface area (Å²) in [4.78, 5) is 11.8. The predicted octanol–water partition coefficient (Wildman–Crippen LogP) is 2.42. The maximum Gasteiger partial charge on any atom is 0.191 e. The van der Waals surface area contributed by atoms with Gasteiger partial charge in [-0.25, -0.2) is 4.98 Å². The standard InChI is InChI=1S/C17H31N5S/c1-4-18-17(20-12-15-8-7-11-22(15)5-2)19-10-6-9-16-21-14(3)13-23-16/h13,15H,4-12H2,1-3H3,(H2,18,19,20). The molecule has 1 aliphatic rings. The molecule has 1 aromatic rings. The molecule has 0 aromatic carbocycles. The van der Waals surface area contributed by atoms with Crippen molar-refractivity contribution in [3.05, 3.63) is 16.1 Å². The highest BCUT2D eigenvalue weighted by atomic mass is 32.1. The molecule has 0 spiro atoms. The predicted molar refractivity (Wildman–Crippen MR) is 99.4 cm³/mol. The van der Waals surface area contributed by atoms with Crippen LogP contribution in [0.3, 0.4) is 0 Å². The first-order valence-corrected chi connectivity index (χ1v) is 9.78. The van der Waals surface area contributed by atoms with Crippen LogP contribution in [0.15, 0.2) is 10.4 Å². The van der Waals surface area contributed by atoms with Crippen LogP contribution in [-0.4, -0.2) is 54.6 Å². The highest BCUT2D eigenvalue weighted by molar-refractivity contribution is 7.09. The van der Waals surface area contributed by atoms with Crippen LogP contribution >= 0.6 is 11.3 Å². The highest BCUT2D eigenvalue weighted by Gasteiger charge is 2.22. The van der Waals surface area contributed by atoms with Gasteiger partial charge in [-0.15, -0.1) is 11.3 Å². The molecule has 2 N–H and O–H groups in total. The summed E-state index contributed by atoms with van der Waals surface area (Å²) in [7, 11) is 0. The first kappa shape index (κ1) is 18.2. The third-order valence-electron chi connectivity index (χ3n) is 4.24. The van der Waals surface area contributed by atoms with E-state index in [1.165, 1.54) is 24.4 Å². The minimum absolute atomic E-state index is 0.619. The van der Waals surface area contributed by atoms with Crippen molar-refractivity contribution in [3.8, 4) is 0 Å². The Kier molecular flexibility index (Phi) is 7.82. The molecule has 1 atom stereocenters. The van der Waals surface area contributed by atoms with Crippen molar-refractivity contribution in [2.75, 3.05) is 32.7 Å². The molecule has 23 heavy (non-hydrogen) atoms. The number of aliphatic imine (C=N–C) groups is 1. The van der Waals surface area contributed by atoms with Gasteiger partial charge in [0.25, 0.3) is 0 Å². The van der Waals surface area contributed by atoms with E-state index >= 15 is 0 Å². The molecule has 0 bridgehead atoms. The fourth-order valence-electron chi connectivity index (χ4n) is 3.02. The lowest BCUT2D eigenvalue weighted by molar-refractivity contribution is 0.273. The summed E-state index contributed by atoms with van der Waals surface area (Å²) < 4.78 is 0. The quantitative estimate of drug-likeness (QED) is 0.435. The van der Waals surface area contributed by atoms with Gasteiger partial charge in [0.2, 0.25) is 0 Å². The molecule has 0 radical (unpaired) electrons. The maximum atomic E-state index is 4.78. The van der Waals surface area contributed by atoms with E-state index < -0.39 is 0 Å². The summed E-state index contributed by atoms with van der Waals surface area (Å²) in [6.45, 7) is 11.5. The second kappa shape index (κ2) is 9.88. The molecule has 1 fully saturated rings. The molecule has 130 valence electrons. The van der Waals surface area contributed by atoms with Crippen LogP contribution in [0.1, 0.15) is 43.8 Å². The first-order valence-electron chi connectivity index (χ1n) is 8.90. The molecule has 1 aromatic heterocycles. The van der Waals surface area contributed by atoms with E-state index in [-0.39, 0.29) is 0 Å². The Morgan fingerprint density at radius 1 is 1.43 bits per heavy atom. The molecular formula is C17H31N5S. The van der Waals surface area contributed by atoms with Gasteiger partial charge in [0.15, 0.2) is 5.96 Å². The number of thiazole rings is 1. The van der Waals surface area contributed by atoms with Gasteiger partial charge >= 0.3 is 0 Å². The molecule has 2 rings (SSSR count). The van der Waals surface area contributed by atoms with Crippen LogP contribution in [0.2, 0.25) is 0 Å². The second-order valence-electron chi connectivity index (χ2n) is 6.06. The summed E-state index contributed by atoms with van der Waals surface area (Å²) in [5, 5.41) is 10.2. The van der Waals surface area contributed by atoms with E-state index in [0.717, 1.165) is 50.7 Å². The van der Waals surface area contributed by atoms with E-state index in [9.17, 15) is 0 Å². The molecule has 2 heterocycles. The van der Waals surface area contributed by atoms with Crippen molar-refractivity contribution in [3.63, 3.8) is 0 Å². The summed E-state index contributed by atoms with van der Waals surface area (Å²) in [5.41, 5.74) is 1.13. The van der Waals surface area contributed by atoms with Gasteiger partial charge in [-0.3, -0.25) is 9.89 Å². The fourth-order valence-corrected chi connectivity index (χ4v) is 3.84. The zero-order valence-electron chi connectivity index (χ0n) is 14.8. The molecule has 5 nitrogen and oxygen atoms in total. The molecule has 0 amide bonds. The van der Waals surface area contributed by atoms with Crippen LogP contribution in [0.4, 0.5) is 0 Å². The Balaban J connectivity index is 1.72. The summed E-state index contributed by atoms with van der Waals surface area (Å²) in [6, 6.07) is 0.619. The Labute approximate surface area is 144 Å². The summed E-state index contributed by atoms with van der Waals surface area (Å²) >= 11 is 1.76. The van der Waals surface area contributed by atoms with Crippen LogP contribution < -0.4 is 10.6 Å². The number of rotatable bonds is 8. The van der Waals surface area contributed by atoms with Crippen LogP contribution in [0.25, 0.3) is 0 Å². The van der Waals surface area contributed by atoms with Crippen molar-refractivity contribution in [2.24, 2.45) is 4.99 Å². The molecular weight excluding hydrogens is 306 g/mol. The largest absolute Gasteiger partial charge is 0.357 e. The number of nitrogens with zero attached hydrogens (tertiary/aromatic N) is 3. The molecule has 6 heteroatoms. The number of likely N-dealkylation sites (N-methyl/N-ethyl adjacent to an activating group) is 1. The number of likely N-dealkylation sites (tertiary alicyclic amines) is 1. The van der Waals surface area contributed by atoms with Crippen molar-refractivity contribution >= 4 is 17.3 Å². The van der Waals surface area contributed by atoms with Crippen LogP contribution in [0.5, 0.6) is 0 Å². The van der Waals surface area contributed by atoms with Gasteiger partial charge in [-0.05, 0) is 46.2 Å². The number of hydrogen-bond donors (Lipinski definition) is 2. The number of aromatic nitrogens is 1. The van der Waals surface area contributed by atoms with Crippen molar-refractivity contribution < 1.29 is 0 Å². The lowest BCUT2D eigenvalue weighted by Gasteiger charge is -2.21. The monoisotopic (exact) mass is 337 g/mol. The van der Waals surface area contributed by atoms with Gasteiger partial charge in [-0.2, -0.15) is 0 Å². The lowest BCUT2D eigenvalue weighted by atomic mass is 10.2. The normalized spacial score (nSPS) is 19.3. The van der Waals surface area contributed by atoms with Gasteiger partial charge in [0.05, 0.1) is 11.6 Å². The third-order valence-corrected chi connectivity index (χ3v) is 5.26. The Bertz CT molecular complexity index is 485. The van der Waals surface area contributed by atoms with Crippen molar-refractivity contribution in [1.82, 2.24) is 20.5 Å². The molecule has 0 saturated carbocycles. The average Bonchev–Trinajstić information content (AvgIpc) is 3.17.